The lowest BCUT2D eigenvalue weighted by atomic mass is 9.78. The Labute approximate surface area is 831 Å². The Morgan fingerprint density at radius 3 is 0.764 bits per heavy atom. The molecule has 140 heavy (non-hydrogen) atoms. The predicted molar refractivity (Wildman–Crippen MR) is 627 cm³/mol. The van der Waals surface area contributed by atoms with Gasteiger partial charge in [-0.05, 0) is 334 Å². The van der Waals surface area contributed by atoms with E-state index >= 15 is 0 Å². The van der Waals surface area contributed by atoms with E-state index in [0.29, 0.717) is 0 Å². The molecule has 0 amide bonds. The molecule has 4 aliphatic rings. The summed E-state index contributed by atoms with van der Waals surface area (Å²) in [5.74, 6) is 0. The standard InChI is InChI=1S/4C31H22.8C2H6/c1-31(2)29-25-13-11-19-7-5-6-10-23(19)24(25)15-16-27(29)26-14-12-22-17-20-8-3-4-9-21(20)18-28(22)30(26)31;1-31(2)27-16-14-20-12-11-19-7-5-6-10-24(19)28(20)29(27)25-15-13-23-17-21-8-3-4-9-22(21)18-26(23)30(25)31;1-31(2)29-17-23-12-11-19-7-5-6-10-24(19)26(23)18-28(29)25-14-13-22-15-20-8-3-4-9-21(20)16-27(22)30(25)31;1-31(2)29-18-26-23(12-11-19-7-5-6-10-24(19)26)17-28(29)25-14-13-22-15-20-8-3-4-9-21(20)16-27(22)30(25)31;8*1-2/h4*3-18H,1-2H3;8*1-2H3. The second-order valence-electron chi connectivity index (χ2n) is 37.7. The highest BCUT2D eigenvalue weighted by Gasteiger charge is 2.43. The quantitative estimate of drug-likeness (QED) is 0.105. The molecule has 0 heterocycles. The van der Waals surface area contributed by atoms with E-state index in [1.807, 2.05) is 111 Å². The third-order valence-electron chi connectivity index (χ3n) is 29.4. The van der Waals surface area contributed by atoms with E-state index in [4.69, 9.17) is 0 Å². The van der Waals surface area contributed by atoms with Crippen molar-refractivity contribution in [1.82, 2.24) is 0 Å². The van der Waals surface area contributed by atoms with E-state index in [1.165, 1.54) is 261 Å². The van der Waals surface area contributed by atoms with Crippen molar-refractivity contribution in [2.45, 2.75) is 188 Å². The van der Waals surface area contributed by atoms with Crippen molar-refractivity contribution in [2.24, 2.45) is 0 Å². The van der Waals surface area contributed by atoms with Gasteiger partial charge in [-0.25, -0.2) is 0 Å². The molecule has 0 aliphatic heterocycles. The monoisotopic (exact) mass is 1820 g/mol. The van der Waals surface area contributed by atoms with Crippen molar-refractivity contribution in [2.75, 3.05) is 0 Å². The van der Waals surface area contributed by atoms with Gasteiger partial charge in [0.25, 0.3) is 0 Å². The fraction of sp³-hybridized carbons (Fsp3) is 0.200. The van der Waals surface area contributed by atoms with Crippen LogP contribution in [0.5, 0.6) is 0 Å². The number of hydrogen-bond acceptors (Lipinski definition) is 0. The molecule has 0 fully saturated rings. The molecular weight excluding hydrogens is 1680 g/mol. The maximum atomic E-state index is 2.46. The van der Waals surface area contributed by atoms with Gasteiger partial charge < -0.3 is 0 Å². The van der Waals surface area contributed by atoms with Gasteiger partial charge >= 0.3 is 0 Å². The van der Waals surface area contributed by atoms with E-state index in [9.17, 15) is 0 Å². The van der Waals surface area contributed by atoms with Crippen molar-refractivity contribution < 1.29 is 0 Å². The lowest BCUT2D eigenvalue weighted by Crippen LogP contribution is -2.16. The highest BCUT2D eigenvalue weighted by molar-refractivity contribution is 6.21. The smallest absolute Gasteiger partial charge is 0.0171 e. The van der Waals surface area contributed by atoms with Crippen LogP contribution in [0.15, 0.2) is 388 Å². The molecule has 0 bridgehead atoms. The zero-order valence-corrected chi connectivity index (χ0v) is 87.0. The summed E-state index contributed by atoms with van der Waals surface area (Å²) in [7, 11) is 0. The molecule has 28 rings (SSSR count). The average molecular weight is 1820 g/mol. The summed E-state index contributed by atoms with van der Waals surface area (Å²) in [6.07, 6.45) is 0. The Balaban J connectivity index is 0.000000123. The van der Waals surface area contributed by atoms with Gasteiger partial charge in [0, 0.05) is 21.7 Å². The topological polar surface area (TPSA) is 0 Å². The summed E-state index contributed by atoms with van der Waals surface area (Å²) in [4.78, 5) is 0. The maximum absolute atomic E-state index is 2.46. The van der Waals surface area contributed by atoms with Gasteiger partial charge in [0.1, 0.15) is 0 Å². The van der Waals surface area contributed by atoms with Crippen LogP contribution in [0.2, 0.25) is 0 Å². The Hall–Kier alpha value is -14.6. The summed E-state index contributed by atoms with van der Waals surface area (Å²) in [5.41, 5.74) is 22.6. The van der Waals surface area contributed by atoms with Gasteiger partial charge in [-0.3, -0.25) is 0 Å². The average Bonchev–Trinajstić information content (AvgIpc) is 1.56. The molecule has 0 heteroatoms. The first-order valence-electron chi connectivity index (χ1n) is 52.2. The summed E-state index contributed by atoms with van der Waals surface area (Å²) in [6.45, 7) is 51.2. The Bertz CT molecular complexity index is 8770. The van der Waals surface area contributed by atoms with E-state index in [2.05, 4.69) is 444 Å². The fourth-order valence-electron chi connectivity index (χ4n) is 23.6. The van der Waals surface area contributed by atoms with Gasteiger partial charge in [-0.2, -0.15) is 0 Å². The molecular formula is C140H136. The van der Waals surface area contributed by atoms with Gasteiger partial charge in [0.2, 0.25) is 0 Å². The highest BCUT2D eigenvalue weighted by atomic mass is 14.5. The first-order valence-corrected chi connectivity index (χ1v) is 52.2. The highest BCUT2D eigenvalue weighted by Crippen LogP contribution is 2.60. The lowest BCUT2D eigenvalue weighted by Gasteiger charge is -2.25. The normalized spacial score (nSPS) is 13.1. The summed E-state index contributed by atoms with van der Waals surface area (Å²) < 4.78 is 0. The van der Waals surface area contributed by atoms with E-state index in [1.54, 1.807) is 0 Å². The van der Waals surface area contributed by atoms with Crippen LogP contribution in [0.4, 0.5) is 0 Å². The van der Waals surface area contributed by atoms with Crippen molar-refractivity contribution in [3.63, 3.8) is 0 Å². The van der Waals surface area contributed by atoms with Crippen LogP contribution in [0.25, 0.3) is 217 Å². The molecule has 0 saturated heterocycles. The molecule has 24 aromatic carbocycles. The minimum atomic E-state index is -0.0609. The summed E-state index contributed by atoms with van der Waals surface area (Å²) in [6, 6.07) is 145. The lowest BCUT2D eigenvalue weighted by molar-refractivity contribution is 0.666. The summed E-state index contributed by atoms with van der Waals surface area (Å²) in [5, 5.41) is 42.7. The zero-order chi connectivity index (χ0) is 99.0. The van der Waals surface area contributed by atoms with Crippen molar-refractivity contribution >= 4 is 172 Å². The summed E-state index contributed by atoms with van der Waals surface area (Å²) >= 11 is 0. The molecule has 0 saturated carbocycles. The van der Waals surface area contributed by atoms with Crippen LogP contribution in [0.3, 0.4) is 0 Å². The molecule has 0 radical (unpaired) electrons. The molecule has 0 atom stereocenters. The van der Waals surface area contributed by atoms with Gasteiger partial charge in [-0.1, -0.05) is 482 Å². The second-order valence-corrected chi connectivity index (χ2v) is 37.7. The second kappa shape index (κ2) is 40.1. The molecule has 24 aromatic rings. The first kappa shape index (κ1) is 97.1. The number of benzene rings is 24. The maximum Gasteiger partial charge on any atom is 0.0171 e. The van der Waals surface area contributed by atoms with Crippen LogP contribution in [-0.4, -0.2) is 0 Å². The molecule has 0 spiro atoms. The minimum Gasteiger partial charge on any atom is -0.0683 e. The van der Waals surface area contributed by atoms with Gasteiger partial charge in [0.15, 0.2) is 0 Å². The Morgan fingerprint density at radius 1 is 0.121 bits per heavy atom. The molecule has 0 aromatic heterocycles. The predicted octanol–water partition coefficient (Wildman–Crippen LogP) is 42.6. The SMILES string of the molecule is CC.CC.CC.CC.CC.CC.CC.CC.CC1(C)c2c(ccc3cc4ccccc4cc23)-c2ccc3c(ccc4ccccc43)c21.CC1(C)c2cc3c(ccc4ccccc43)cc2-c2ccc3cc4ccccc4cc3c21.CC1(C)c2cc3ccc4ccccc4c3cc2-c2ccc3cc4ccccc4cc3c21.CC1(C)c2ccc3ccc4ccccc4c3c2-c2ccc3cc4ccccc4cc3c21. The largest absolute Gasteiger partial charge is 0.0683 e. The van der Waals surface area contributed by atoms with Crippen LogP contribution < -0.4 is 0 Å². The zero-order valence-electron chi connectivity index (χ0n) is 87.0. The fourth-order valence-corrected chi connectivity index (χ4v) is 23.6. The Morgan fingerprint density at radius 2 is 0.357 bits per heavy atom. The molecule has 0 nitrogen and oxygen atoms in total. The third-order valence-corrected chi connectivity index (χ3v) is 29.4. The van der Waals surface area contributed by atoms with Crippen molar-refractivity contribution in [3.05, 3.63) is 433 Å². The van der Waals surface area contributed by atoms with E-state index in [-0.39, 0.29) is 21.7 Å². The van der Waals surface area contributed by atoms with E-state index < -0.39 is 0 Å². The van der Waals surface area contributed by atoms with Crippen LogP contribution in [0.1, 0.15) is 211 Å². The Kier molecular flexibility index (Phi) is 27.8. The van der Waals surface area contributed by atoms with Crippen LogP contribution in [0, 0.1) is 0 Å². The molecule has 0 unspecified atom stereocenters. The number of hydrogen-bond donors (Lipinski definition) is 0. The van der Waals surface area contributed by atoms with E-state index in [0.717, 1.165) is 0 Å². The molecule has 4 aliphatic carbocycles. The van der Waals surface area contributed by atoms with Crippen LogP contribution >= 0.6 is 0 Å². The molecule has 696 valence electrons. The van der Waals surface area contributed by atoms with Gasteiger partial charge in [-0.15, -0.1) is 0 Å². The van der Waals surface area contributed by atoms with Crippen LogP contribution in [-0.2, 0) is 21.7 Å². The number of fused-ring (bicyclic) bond motifs is 38. The molecule has 0 N–H and O–H groups in total. The van der Waals surface area contributed by atoms with Crippen molar-refractivity contribution in [1.29, 1.82) is 0 Å². The minimum absolute atomic E-state index is 0.0352. The van der Waals surface area contributed by atoms with Gasteiger partial charge in [0.05, 0.1) is 0 Å². The number of rotatable bonds is 0. The van der Waals surface area contributed by atoms with Crippen molar-refractivity contribution in [3.8, 4) is 44.5 Å². The third kappa shape index (κ3) is 16.1. The first-order chi connectivity index (χ1) is 68.5.